The van der Waals surface area contributed by atoms with Crippen molar-refractivity contribution in [3.63, 3.8) is 0 Å². The summed E-state index contributed by atoms with van der Waals surface area (Å²) in [5, 5.41) is 0. The number of aryl methyl sites for hydroxylation is 1. The monoisotopic (exact) mass is 206 g/mol. The maximum Gasteiger partial charge on any atom is 0.163 e. The maximum atomic E-state index is 11.8. The number of Topliss-reactive ketones (excluding diaryl/α,β-unsaturated/α-hetero) is 1. The second-order valence-corrected chi connectivity index (χ2v) is 4.20. The van der Waals surface area contributed by atoms with Gasteiger partial charge in [0.25, 0.3) is 0 Å². The van der Waals surface area contributed by atoms with E-state index in [1.165, 1.54) is 0 Å². The van der Waals surface area contributed by atoms with Gasteiger partial charge < -0.3 is 4.74 Å². The summed E-state index contributed by atoms with van der Waals surface area (Å²) in [7, 11) is 1.63. The molecule has 0 atom stereocenters. The zero-order valence-corrected chi connectivity index (χ0v) is 9.83. The van der Waals surface area contributed by atoms with Crippen LogP contribution in [0.2, 0.25) is 0 Å². The number of ketones is 1. The van der Waals surface area contributed by atoms with Crippen LogP contribution in [0.15, 0.2) is 18.2 Å². The number of rotatable bonds is 4. The number of hydrogen-bond donors (Lipinski definition) is 0. The van der Waals surface area contributed by atoms with Crippen molar-refractivity contribution in [3.8, 4) is 5.75 Å². The van der Waals surface area contributed by atoms with Gasteiger partial charge in [0.05, 0.1) is 7.11 Å². The van der Waals surface area contributed by atoms with E-state index in [2.05, 4.69) is 13.8 Å². The SMILES string of the molecule is COc1ccc(C(=O)CC(C)C)c(C)c1. The lowest BCUT2D eigenvalue weighted by molar-refractivity contribution is 0.0967. The van der Waals surface area contributed by atoms with Crippen LogP contribution in [0, 0.1) is 12.8 Å². The van der Waals surface area contributed by atoms with Crippen molar-refractivity contribution < 1.29 is 9.53 Å². The lowest BCUT2D eigenvalue weighted by Crippen LogP contribution is -2.05. The first-order chi connectivity index (χ1) is 7.04. The molecule has 0 radical (unpaired) electrons. The molecule has 2 heteroatoms. The topological polar surface area (TPSA) is 26.3 Å². The standard InChI is InChI=1S/C13H18O2/c1-9(2)7-13(14)12-6-5-11(15-4)8-10(12)3/h5-6,8-9H,7H2,1-4H3. The first-order valence-electron chi connectivity index (χ1n) is 5.22. The molecule has 0 saturated heterocycles. The molecule has 0 unspecified atom stereocenters. The van der Waals surface area contributed by atoms with E-state index in [1.807, 2.05) is 25.1 Å². The molecule has 0 aliphatic rings. The van der Waals surface area contributed by atoms with Crippen molar-refractivity contribution in [1.82, 2.24) is 0 Å². The third kappa shape index (κ3) is 3.08. The van der Waals surface area contributed by atoms with Crippen LogP contribution in [0.5, 0.6) is 5.75 Å². The van der Waals surface area contributed by atoms with E-state index < -0.39 is 0 Å². The van der Waals surface area contributed by atoms with E-state index in [-0.39, 0.29) is 5.78 Å². The normalized spacial score (nSPS) is 10.5. The van der Waals surface area contributed by atoms with Crippen LogP contribution in [0.1, 0.15) is 36.2 Å². The Hall–Kier alpha value is -1.31. The summed E-state index contributed by atoms with van der Waals surface area (Å²) < 4.78 is 5.10. The number of ether oxygens (including phenoxy) is 1. The minimum Gasteiger partial charge on any atom is -0.497 e. The largest absolute Gasteiger partial charge is 0.497 e. The third-order valence-electron chi connectivity index (χ3n) is 2.33. The zero-order chi connectivity index (χ0) is 11.4. The molecule has 0 aliphatic heterocycles. The van der Waals surface area contributed by atoms with Gasteiger partial charge in [0.1, 0.15) is 5.75 Å². The number of hydrogen-bond acceptors (Lipinski definition) is 2. The van der Waals surface area contributed by atoms with Crippen LogP contribution in [-0.2, 0) is 0 Å². The first-order valence-corrected chi connectivity index (χ1v) is 5.22. The van der Waals surface area contributed by atoms with Gasteiger partial charge in [0.15, 0.2) is 5.78 Å². The van der Waals surface area contributed by atoms with Crippen LogP contribution in [0.4, 0.5) is 0 Å². The van der Waals surface area contributed by atoms with Crippen LogP contribution < -0.4 is 4.74 Å². The lowest BCUT2D eigenvalue weighted by atomic mass is 9.98. The number of carbonyl (C=O) groups excluding carboxylic acids is 1. The average molecular weight is 206 g/mol. The summed E-state index contributed by atoms with van der Waals surface area (Å²) in [6.45, 7) is 6.05. The molecule has 0 heterocycles. The predicted molar refractivity (Wildman–Crippen MR) is 61.5 cm³/mol. The Labute approximate surface area is 91.3 Å². The van der Waals surface area contributed by atoms with Gasteiger partial charge in [-0.05, 0) is 36.6 Å². The van der Waals surface area contributed by atoms with Crippen molar-refractivity contribution >= 4 is 5.78 Å². The Morgan fingerprint density at radius 2 is 2.07 bits per heavy atom. The average Bonchev–Trinajstić information content (AvgIpc) is 2.16. The van der Waals surface area contributed by atoms with Crippen molar-refractivity contribution in [2.24, 2.45) is 5.92 Å². The Morgan fingerprint density at radius 1 is 1.40 bits per heavy atom. The molecule has 0 fully saturated rings. The van der Waals surface area contributed by atoms with Crippen molar-refractivity contribution in [2.45, 2.75) is 27.2 Å². The Balaban J connectivity index is 2.90. The maximum absolute atomic E-state index is 11.8. The fraction of sp³-hybridized carbons (Fsp3) is 0.462. The Bertz CT molecular complexity index is 354. The quantitative estimate of drug-likeness (QED) is 0.707. The van der Waals surface area contributed by atoms with E-state index in [0.717, 1.165) is 16.9 Å². The lowest BCUT2D eigenvalue weighted by Gasteiger charge is -2.08. The van der Waals surface area contributed by atoms with Gasteiger partial charge >= 0.3 is 0 Å². The van der Waals surface area contributed by atoms with Gasteiger partial charge in [-0.1, -0.05) is 13.8 Å². The Morgan fingerprint density at radius 3 is 2.53 bits per heavy atom. The molecule has 0 saturated carbocycles. The fourth-order valence-electron chi connectivity index (χ4n) is 1.56. The van der Waals surface area contributed by atoms with Gasteiger partial charge in [-0.3, -0.25) is 4.79 Å². The molecule has 0 aromatic heterocycles. The number of carbonyl (C=O) groups is 1. The molecule has 0 bridgehead atoms. The summed E-state index contributed by atoms with van der Waals surface area (Å²) >= 11 is 0. The van der Waals surface area contributed by atoms with Crippen LogP contribution >= 0.6 is 0 Å². The molecule has 1 rings (SSSR count). The van der Waals surface area contributed by atoms with Gasteiger partial charge in [-0.25, -0.2) is 0 Å². The second kappa shape index (κ2) is 4.96. The van der Waals surface area contributed by atoms with Crippen molar-refractivity contribution in [3.05, 3.63) is 29.3 Å². The van der Waals surface area contributed by atoms with Crippen molar-refractivity contribution in [2.75, 3.05) is 7.11 Å². The number of methoxy groups -OCH3 is 1. The number of benzene rings is 1. The highest BCUT2D eigenvalue weighted by atomic mass is 16.5. The second-order valence-electron chi connectivity index (χ2n) is 4.20. The smallest absolute Gasteiger partial charge is 0.163 e. The van der Waals surface area contributed by atoms with E-state index in [1.54, 1.807) is 7.11 Å². The summed E-state index contributed by atoms with van der Waals surface area (Å²) in [6.07, 6.45) is 0.604. The fourth-order valence-corrected chi connectivity index (χ4v) is 1.56. The molecular weight excluding hydrogens is 188 g/mol. The van der Waals surface area contributed by atoms with E-state index in [4.69, 9.17) is 4.74 Å². The molecule has 2 nitrogen and oxygen atoms in total. The van der Waals surface area contributed by atoms with Crippen molar-refractivity contribution in [1.29, 1.82) is 0 Å². The molecule has 82 valence electrons. The molecule has 15 heavy (non-hydrogen) atoms. The highest BCUT2D eigenvalue weighted by Crippen LogP contribution is 2.19. The van der Waals surface area contributed by atoms with Crippen LogP contribution in [0.25, 0.3) is 0 Å². The van der Waals surface area contributed by atoms with Crippen LogP contribution in [0.3, 0.4) is 0 Å². The predicted octanol–water partition coefficient (Wildman–Crippen LogP) is 3.23. The highest BCUT2D eigenvalue weighted by Gasteiger charge is 2.11. The zero-order valence-electron chi connectivity index (χ0n) is 9.83. The Kier molecular flexibility index (Phi) is 3.89. The van der Waals surface area contributed by atoms with E-state index >= 15 is 0 Å². The summed E-state index contributed by atoms with van der Waals surface area (Å²) in [5.74, 6) is 1.41. The van der Waals surface area contributed by atoms with E-state index in [0.29, 0.717) is 12.3 Å². The van der Waals surface area contributed by atoms with Gasteiger partial charge in [0.2, 0.25) is 0 Å². The molecule has 0 aliphatic carbocycles. The molecule has 1 aromatic carbocycles. The van der Waals surface area contributed by atoms with E-state index in [9.17, 15) is 4.79 Å². The molecule has 0 N–H and O–H groups in total. The third-order valence-corrected chi connectivity index (χ3v) is 2.33. The minimum absolute atomic E-state index is 0.213. The minimum atomic E-state index is 0.213. The summed E-state index contributed by atoms with van der Waals surface area (Å²) in [6, 6.07) is 5.58. The molecule has 1 aromatic rings. The highest BCUT2D eigenvalue weighted by molar-refractivity contribution is 5.97. The summed E-state index contributed by atoms with van der Waals surface area (Å²) in [5.41, 5.74) is 1.80. The molecule has 0 spiro atoms. The first kappa shape index (κ1) is 11.8. The summed E-state index contributed by atoms with van der Waals surface area (Å²) in [4.78, 5) is 11.8. The molecule has 0 amide bonds. The van der Waals surface area contributed by atoms with Gasteiger partial charge in [-0.15, -0.1) is 0 Å². The van der Waals surface area contributed by atoms with Gasteiger partial charge in [0, 0.05) is 12.0 Å². The van der Waals surface area contributed by atoms with Crippen LogP contribution in [-0.4, -0.2) is 12.9 Å². The van der Waals surface area contributed by atoms with Gasteiger partial charge in [-0.2, -0.15) is 0 Å². The molecular formula is C13H18O2.